The number of nitrogens with zero attached hydrogens (tertiary/aromatic N) is 4. The zero-order chi connectivity index (χ0) is 22.2. The van der Waals surface area contributed by atoms with E-state index < -0.39 is 11.8 Å². The molecule has 162 valence electrons. The van der Waals surface area contributed by atoms with Gasteiger partial charge in [-0.15, -0.1) is 0 Å². The molecule has 0 fully saturated rings. The number of nitrogens with one attached hydrogen (secondary N) is 1. The second-order valence-electron chi connectivity index (χ2n) is 7.95. The summed E-state index contributed by atoms with van der Waals surface area (Å²) in [5.74, 6) is 0.205. The Morgan fingerprint density at radius 3 is 2.53 bits per heavy atom. The summed E-state index contributed by atoms with van der Waals surface area (Å²) >= 11 is 0. The summed E-state index contributed by atoms with van der Waals surface area (Å²) in [6.07, 6.45) is 1.56. The largest absolute Gasteiger partial charge is 0.508 e. The van der Waals surface area contributed by atoms with Crippen LogP contribution in [0.4, 0.5) is 0 Å². The molecule has 3 unspecified atom stereocenters. The highest BCUT2D eigenvalue weighted by Crippen LogP contribution is 2.23. The summed E-state index contributed by atoms with van der Waals surface area (Å²) < 4.78 is 4.22. The van der Waals surface area contributed by atoms with Gasteiger partial charge in [0.1, 0.15) is 5.75 Å². The average molecular weight is 415 g/mol. The molecular formula is C21H29N5O4. The van der Waals surface area contributed by atoms with E-state index in [-0.39, 0.29) is 23.4 Å². The van der Waals surface area contributed by atoms with Gasteiger partial charge in [-0.2, -0.15) is 0 Å². The first-order valence-corrected chi connectivity index (χ1v) is 9.96. The Morgan fingerprint density at radius 1 is 1.17 bits per heavy atom. The van der Waals surface area contributed by atoms with Crippen LogP contribution in [0.5, 0.6) is 5.75 Å². The highest BCUT2D eigenvalue weighted by atomic mass is 16.3. The van der Waals surface area contributed by atoms with Crippen molar-refractivity contribution in [1.29, 1.82) is 0 Å². The fourth-order valence-electron chi connectivity index (χ4n) is 3.67. The predicted octanol–water partition coefficient (Wildman–Crippen LogP) is 0.938. The van der Waals surface area contributed by atoms with Crippen LogP contribution in [0.2, 0.25) is 0 Å². The lowest BCUT2D eigenvalue weighted by Gasteiger charge is -2.25. The Morgan fingerprint density at radius 2 is 1.87 bits per heavy atom. The van der Waals surface area contributed by atoms with Crippen LogP contribution >= 0.6 is 0 Å². The van der Waals surface area contributed by atoms with Crippen molar-refractivity contribution >= 4 is 11.2 Å². The van der Waals surface area contributed by atoms with Crippen molar-refractivity contribution < 1.29 is 10.2 Å². The number of fused-ring (bicyclic) bond motifs is 1. The molecular weight excluding hydrogens is 386 g/mol. The van der Waals surface area contributed by atoms with Gasteiger partial charge in [0.15, 0.2) is 11.2 Å². The number of hydrogen-bond acceptors (Lipinski definition) is 6. The van der Waals surface area contributed by atoms with Crippen molar-refractivity contribution in [1.82, 2.24) is 24.0 Å². The van der Waals surface area contributed by atoms with Gasteiger partial charge in [0, 0.05) is 32.7 Å². The Hall–Kier alpha value is -2.91. The molecule has 0 amide bonds. The van der Waals surface area contributed by atoms with E-state index in [9.17, 15) is 19.8 Å². The molecule has 3 aromatic rings. The lowest BCUT2D eigenvalue weighted by atomic mass is 10.0. The fourth-order valence-corrected chi connectivity index (χ4v) is 3.67. The highest BCUT2D eigenvalue weighted by Gasteiger charge is 2.20. The molecule has 3 atom stereocenters. The van der Waals surface area contributed by atoms with E-state index in [1.807, 2.05) is 13.8 Å². The molecule has 3 rings (SSSR count). The summed E-state index contributed by atoms with van der Waals surface area (Å²) in [5, 5.41) is 23.7. The molecule has 2 heterocycles. The molecule has 3 N–H and O–H groups in total. The molecule has 0 saturated heterocycles. The predicted molar refractivity (Wildman–Crippen MR) is 115 cm³/mol. The van der Waals surface area contributed by atoms with E-state index in [1.165, 1.54) is 11.6 Å². The van der Waals surface area contributed by atoms with E-state index in [4.69, 9.17) is 0 Å². The summed E-state index contributed by atoms with van der Waals surface area (Å²) in [5.41, 5.74) is 1.46. The standard InChI is InChI=1S/C21H29N5O4/c1-12-10-15(6-7-16(12)27)18(28)14(3)23-13(2)8-9-26-11-22-19-17(26)20(29)25(5)21(30)24(19)4/h6-7,10-11,13-14,18,23,27-28H,8-9H2,1-5H3. The van der Waals surface area contributed by atoms with E-state index in [0.29, 0.717) is 24.1 Å². The Balaban J connectivity index is 1.68. The smallest absolute Gasteiger partial charge is 0.332 e. The number of hydrogen-bond donors (Lipinski definition) is 3. The van der Waals surface area contributed by atoms with Crippen LogP contribution in [0.3, 0.4) is 0 Å². The number of aromatic nitrogens is 4. The number of aromatic hydroxyl groups is 1. The van der Waals surface area contributed by atoms with Gasteiger partial charge < -0.3 is 20.1 Å². The van der Waals surface area contributed by atoms with Gasteiger partial charge >= 0.3 is 5.69 Å². The van der Waals surface area contributed by atoms with Gasteiger partial charge in [-0.05, 0) is 50.5 Å². The molecule has 0 radical (unpaired) electrons. The number of rotatable bonds is 7. The number of phenolic OH excluding ortho intramolecular Hbond substituents is 1. The Bertz CT molecular complexity index is 1180. The van der Waals surface area contributed by atoms with Crippen LogP contribution in [0.25, 0.3) is 11.2 Å². The molecule has 0 aliphatic carbocycles. The minimum atomic E-state index is -0.720. The zero-order valence-electron chi connectivity index (χ0n) is 18.0. The van der Waals surface area contributed by atoms with Crippen LogP contribution in [-0.4, -0.2) is 41.0 Å². The number of aliphatic hydroxyl groups is 1. The van der Waals surface area contributed by atoms with Gasteiger partial charge in [0.2, 0.25) is 0 Å². The lowest BCUT2D eigenvalue weighted by molar-refractivity contribution is 0.129. The number of aryl methyl sites for hydroxylation is 3. The first-order chi connectivity index (χ1) is 14.1. The Labute approximate surface area is 174 Å². The van der Waals surface area contributed by atoms with Gasteiger partial charge in [-0.1, -0.05) is 6.07 Å². The number of aliphatic hydroxyl groups excluding tert-OH is 1. The number of imidazole rings is 1. The average Bonchev–Trinajstić information content (AvgIpc) is 3.14. The maximum Gasteiger partial charge on any atom is 0.332 e. The lowest BCUT2D eigenvalue weighted by Crippen LogP contribution is -2.39. The molecule has 0 aliphatic rings. The Kier molecular flexibility index (Phi) is 6.14. The third-order valence-corrected chi connectivity index (χ3v) is 5.60. The fraction of sp³-hybridized carbons (Fsp3) is 0.476. The molecule has 0 aliphatic heterocycles. The molecule has 2 aromatic heterocycles. The van der Waals surface area contributed by atoms with Crippen LogP contribution in [0.15, 0.2) is 34.1 Å². The monoisotopic (exact) mass is 415 g/mol. The third-order valence-electron chi connectivity index (χ3n) is 5.60. The van der Waals surface area contributed by atoms with Crippen molar-refractivity contribution in [2.45, 2.75) is 51.9 Å². The molecule has 0 bridgehead atoms. The summed E-state index contributed by atoms with van der Waals surface area (Å²) in [6.45, 7) is 6.25. The van der Waals surface area contributed by atoms with Crippen molar-refractivity contribution in [2.75, 3.05) is 0 Å². The van der Waals surface area contributed by atoms with Crippen LogP contribution in [-0.2, 0) is 20.6 Å². The van der Waals surface area contributed by atoms with Crippen molar-refractivity contribution in [3.8, 4) is 5.75 Å². The van der Waals surface area contributed by atoms with Crippen LogP contribution < -0.4 is 16.6 Å². The van der Waals surface area contributed by atoms with E-state index >= 15 is 0 Å². The summed E-state index contributed by atoms with van der Waals surface area (Å²) in [6, 6.07) is 4.93. The molecule has 0 spiro atoms. The normalized spacial score (nSPS) is 14.7. The minimum absolute atomic E-state index is 0.0571. The summed E-state index contributed by atoms with van der Waals surface area (Å²) in [7, 11) is 3.06. The first-order valence-electron chi connectivity index (χ1n) is 9.96. The van der Waals surface area contributed by atoms with Gasteiger partial charge in [0.25, 0.3) is 5.56 Å². The SMILES string of the molecule is Cc1cc(C(O)C(C)NC(C)CCn2cnc3c2c(=O)n(C)c(=O)n3C)ccc1O. The molecule has 0 saturated carbocycles. The maximum atomic E-state index is 12.5. The van der Waals surface area contributed by atoms with Gasteiger partial charge in [-0.3, -0.25) is 13.9 Å². The van der Waals surface area contributed by atoms with Crippen LogP contribution in [0.1, 0.15) is 37.5 Å². The minimum Gasteiger partial charge on any atom is -0.508 e. The highest BCUT2D eigenvalue weighted by molar-refractivity contribution is 5.69. The zero-order valence-corrected chi connectivity index (χ0v) is 18.0. The van der Waals surface area contributed by atoms with E-state index in [2.05, 4.69) is 10.3 Å². The number of benzene rings is 1. The first kappa shape index (κ1) is 21.8. The second-order valence-corrected chi connectivity index (χ2v) is 7.95. The number of phenols is 1. The molecule has 1 aromatic carbocycles. The van der Waals surface area contributed by atoms with Crippen molar-refractivity contribution in [3.63, 3.8) is 0 Å². The maximum absolute atomic E-state index is 12.5. The van der Waals surface area contributed by atoms with E-state index in [1.54, 1.807) is 43.1 Å². The van der Waals surface area contributed by atoms with Crippen molar-refractivity contribution in [3.05, 3.63) is 56.5 Å². The van der Waals surface area contributed by atoms with Crippen LogP contribution in [0, 0.1) is 6.92 Å². The summed E-state index contributed by atoms with van der Waals surface area (Å²) in [4.78, 5) is 28.8. The van der Waals surface area contributed by atoms with Gasteiger partial charge in [-0.25, -0.2) is 9.78 Å². The second kappa shape index (κ2) is 8.45. The third kappa shape index (κ3) is 4.03. The van der Waals surface area contributed by atoms with Crippen molar-refractivity contribution in [2.24, 2.45) is 14.1 Å². The molecule has 9 heteroatoms. The quantitative estimate of drug-likeness (QED) is 0.529. The topological polar surface area (TPSA) is 114 Å². The van der Waals surface area contributed by atoms with Gasteiger partial charge in [0.05, 0.1) is 12.4 Å². The molecule has 30 heavy (non-hydrogen) atoms. The molecule has 9 nitrogen and oxygen atoms in total. The van der Waals surface area contributed by atoms with E-state index in [0.717, 1.165) is 15.7 Å².